The molecular formula is C24H36N2O8S2. The van der Waals surface area contributed by atoms with Crippen LogP contribution in [0.15, 0.2) is 48.6 Å². The monoisotopic (exact) mass is 544 g/mol. The van der Waals surface area contributed by atoms with Crippen LogP contribution in [0.2, 0.25) is 0 Å². The van der Waals surface area contributed by atoms with E-state index >= 15 is 0 Å². The molecule has 202 valence electrons. The first-order valence-corrected chi connectivity index (χ1v) is 13.1. The summed E-state index contributed by atoms with van der Waals surface area (Å²) in [5.41, 5.74) is 1.16. The smallest absolute Gasteiger partial charge is 0.333 e. The fourth-order valence-corrected chi connectivity index (χ4v) is 4.17. The lowest BCUT2D eigenvalue weighted by Crippen LogP contribution is -2.29. The summed E-state index contributed by atoms with van der Waals surface area (Å²) in [6, 6.07) is 0. The lowest BCUT2D eigenvalue weighted by Gasteiger charge is -2.25. The van der Waals surface area contributed by atoms with Crippen molar-refractivity contribution in [1.29, 1.82) is 0 Å². The molecule has 0 aromatic heterocycles. The van der Waals surface area contributed by atoms with Gasteiger partial charge in [0.15, 0.2) is 0 Å². The van der Waals surface area contributed by atoms with Crippen LogP contribution < -0.4 is 0 Å². The van der Waals surface area contributed by atoms with Gasteiger partial charge in [0.1, 0.15) is 26.4 Å². The largest absolute Gasteiger partial charge is 0.461 e. The van der Waals surface area contributed by atoms with Crippen molar-refractivity contribution < 1.29 is 38.1 Å². The van der Waals surface area contributed by atoms with Gasteiger partial charge < -0.3 is 18.9 Å². The Bertz CT molecular complexity index is 712. The van der Waals surface area contributed by atoms with Gasteiger partial charge in [0.2, 0.25) is 0 Å². The lowest BCUT2D eigenvalue weighted by molar-refractivity contribution is -0.140. The molecule has 0 spiro atoms. The van der Waals surface area contributed by atoms with Gasteiger partial charge in [-0.2, -0.15) is 0 Å². The first kappa shape index (κ1) is 33.5. The van der Waals surface area contributed by atoms with Crippen molar-refractivity contribution >= 4 is 45.8 Å². The molecule has 0 rings (SSSR count). The summed E-state index contributed by atoms with van der Waals surface area (Å²) < 4.78 is 24.3. The first-order chi connectivity index (χ1) is 16.8. The maximum absolute atomic E-state index is 11.7. The Labute approximate surface area is 221 Å². The molecule has 0 aromatic rings. The predicted octanol–water partition coefficient (Wildman–Crippen LogP) is 3.28. The zero-order chi connectivity index (χ0) is 27.7. The average molecular weight is 545 g/mol. The number of hydrogen-bond acceptors (Lipinski definition) is 12. The van der Waals surface area contributed by atoms with E-state index in [-0.39, 0.29) is 26.4 Å². The highest BCUT2D eigenvalue weighted by Crippen LogP contribution is 2.29. The number of carbonyl (C=O) groups is 4. The standard InChI is InChI=1S/C24H36N2O8S2/c1-17(2)21(27)31-13-9-25(10-14-32-22(28)18(3)4)35-36-26(11-15-33-23(29)19(5)6)12-16-34-24(30)20(7)8/h1,3,5,7,9-16H2,2,4,6,8H3. The molecule has 0 radical (unpaired) electrons. The third-order valence-corrected chi connectivity index (χ3v) is 6.62. The molecule has 0 heterocycles. The summed E-state index contributed by atoms with van der Waals surface area (Å²) in [6.45, 7) is 22.2. The molecule has 0 fully saturated rings. The van der Waals surface area contributed by atoms with Gasteiger partial charge in [0, 0.05) is 70.4 Å². The average Bonchev–Trinajstić information content (AvgIpc) is 2.80. The van der Waals surface area contributed by atoms with Crippen molar-refractivity contribution in [2.24, 2.45) is 0 Å². The van der Waals surface area contributed by atoms with Crippen LogP contribution in [-0.2, 0) is 38.1 Å². The first-order valence-electron chi connectivity index (χ1n) is 11.0. The van der Waals surface area contributed by atoms with Gasteiger partial charge in [-0.3, -0.25) is 0 Å². The van der Waals surface area contributed by atoms with E-state index in [4.69, 9.17) is 18.9 Å². The molecule has 0 aliphatic rings. The van der Waals surface area contributed by atoms with Crippen LogP contribution in [0.4, 0.5) is 0 Å². The predicted molar refractivity (Wildman–Crippen MR) is 141 cm³/mol. The minimum absolute atomic E-state index is 0.0974. The van der Waals surface area contributed by atoms with Gasteiger partial charge in [-0.15, -0.1) is 0 Å². The molecule has 0 saturated heterocycles. The molecule has 36 heavy (non-hydrogen) atoms. The van der Waals surface area contributed by atoms with Crippen molar-refractivity contribution in [1.82, 2.24) is 8.61 Å². The minimum atomic E-state index is -0.499. The van der Waals surface area contributed by atoms with Crippen molar-refractivity contribution in [3.63, 3.8) is 0 Å². The summed E-state index contributed by atoms with van der Waals surface area (Å²) in [5.74, 6) is -1.99. The molecular weight excluding hydrogens is 508 g/mol. The molecule has 0 unspecified atom stereocenters. The third-order valence-electron chi connectivity index (χ3n) is 3.93. The zero-order valence-electron chi connectivity index (χ0n) is 21.5. The van der Waals surface area contributed by atoms with E-state index in [9.17, 15) is 19.2 Å². The number of rotatable bonds is 19. The molecule has 12 heteroatoms. The topological polar surface area (TPSA) is 112 Å². The Balaban J connectivity index is 5.05. The highest BCUT2D eigenvalue weighted by Gasteiger charge is 2.16. The highest BCUT2D eigenvalue weighted by atomic mass is 33.1. The number of ether oxygens (including phenoxy) is 4. The SMILES string of the molecule is C=C(C)C(=O)OCCN(CCOC(=O)C(=C)C)SSN(CCOC(=O)C(=C)C)CCOC(=O)C(=C)C. The van der Waals surface area contributed by atoms with E-state index in [1.54, 1.807) is 27.7 Å². The van der Waals surface area contributed by atoms with Crippen LogP contribution in [0.3, 0.4) is 0 Å². The summed E-state index contributed by atoms with van der Waals surface area (Å²) >= 11 is 0. The second-order valence-corrected chi connectivity index (χ2v) is 9.90. The third kappa shape index (κ3) is 16.2. The van der Waals surface area contributed by atoms with Crippen LogP contribution >= 0.6 is 22.0 Å². The van der Waals surface area contributed by atoms with Crippen LogP contribution in [0.5, 0.6) is 0 Å². The van der Waals surface area contributed by atoms with E-state index in [2.05, 4.69) is 26.3 Å². The highest BCUT2D eigenvalue weighted by molar-refractivity contribution is 8.74. The fraction of sp³-hybridized carbons (Fsp3) is 0.500. The Hall–Kier alpha value is -2.54. The minimum Gasteiger partial charge on any atom is -0.461 e. The Morgan fingerprint density at radius 3 is 0.861 bits per heavy atom. The van der Waals surface area contributed by atoms with Crippen molar-refractivity contribution in [2.75, 3.05) is 52.6 Å². The van der Waals surface area contributed by atoms with Crippen molar-refractivity contribution in [3.8, 4) is 0 Å². The fourth-order valence-electron chi connectivity index (χ4n) is 1.92. The van der Waals surface area contributed by atoms with E-state index < -0.39 is 23.9 Å². The van der Waals surface area contributed by atoms with E-state index in [0.29, 0.717) is 48.5 Å². The van der Waals surface area contributed by atoms with E-state index in [1.165, 1.54) is 22.0 Å². The summed E-state index contributed by atoms with van der Waals surface area (Å²) in [6.07, 6.45) is 0. The van der Waals surface area contributed by atoms with Gasteiger partial charge in [-0.05, 0) is 27.7 Å². The maximum atomic E-state index is 11.7. The molecule has 0 aliphatic carbocycles. The summed E-state index contributed by atoms with van der Waals surface area (Å²) in [7, 11) is 2.62. The number of carbonyl (C=O) groups excluding carboxylic acids is 4. The molecule has 0 aliphatic heterocycles. The summed E-state index contributed by atoms with van der Waals surface area (Å²) in [4.78, 5) is 46.7. The Kier molecular flexibility index (Phi) is 17.4. The van der Waals surface area contributed by atoms with Crippen LogP contribution in [0.25, 0.3) is 0 Å². The van der Waals surface area contributed by atoms with Crippen LogP contribution in [-0.4, -0.2) is 85.1 Å². The van der Waals surface area contributed by atoms with Crippen LogP contribution in [0.1, 0.15) is 27.7 Å². The molecule has 0 N–H and O–H groups in total. The Morgan fingerprint density at radius 1 is 0.500 bits per heavy atom. The van der Waals surface area contributed by atoms with Gasteiger partial charge in [0.25, 0.3) is 0 Å². The molecule has 0 saturated carbocycles. The second kappa shape index (κ2) is 18.7. The van der Waals surface area contributed by atoms with Gasteiger partial charge in [-0.25, -0.2) is 27.8 Å². The van der Waals surface area contributed by atoms with E-state index in [1.807, 2.05) is 8.61 Å². The van der Waals surface area contributed by atoms with Crippen molar-refractivity contribution in [3.05, 3.63) is 48.6 Å². The molecule has 10 nitrogen and oxygen atoms in total. The molecule has 0 amide bonds. The zero-order valence-corrected chi connectivity index (χ0v) is 23.1. The number of hydrogen-bond donors (Lipinski definition) is 0. The van der Waals surface area contributed by atoms with Crippen molar-refractivity contribution in [2.45, 2.75) is 27.7 Å². The number of esters is 4. The quantitative estimate of drug-likeness (QED) is 0.0782. The second-order valence-electron chi connectivity index (χ2n) is 7.67. The normalized spacial score (nSPS) is 10.5. The summed E-state index contributed by atoms with van der Waals surface area (Å²) in [5, 5.41) is 0. The molecule has 0 bridgehead atoms. The van der Waals surface area contributed by atoms with Crippen LogP contribution in [0, 0.1) is 0 Å². The van der Waals surface area contributed by atoms with Gasteiger partial charge >= 0.3 is 23.9 Å². The lowest BCUT2D eigenvalue weighted by atomic mass is 10.4. The Morgan fingerprint density at radius 2 is 0.694 bits per heavy atom. The van der Waals surface area contributed by atoms with Gasteiger partial charge in [0.05, 0.1) is 0 Å². The van der Waals surface area contributed by atoms with Gasteiger partial charge in [-0.1, -0.05) is 26.3 Å². The maximum Gasteiger partial charge on any atom is 0.333 e. The number of nitrogens with zero attached hydrogens (tertiary/aromatic N) is 2. The van der Waals surface area contributed by atoms with E-state index in [0.717, 1.165) is 0 Å². The molecule has 0 atom stereocenters. The molecule has 0 aromatic carbocycles.